The average molecular weight is 434 g/mol. The lowest BCUT2D eigenvalue weighted by Gasteiger charge is -2.34. The van der Waals surface area contributed by atoms with Crippen LogP contribution in [0.1, 0.15) is 10.4 Å². The number of carbonyl (C=O) groups excluding carboxylic acids is 1. The first-order valence-electron chi connectivity index (χ1n) is 8.90. The first-order chi connectivity index (χ1) is 13.1. The van der Waals surface area contributed by atoms with E-state index in [1.54, 1.807) is 4.90 Å². The van der Waals surface area contributed by atoms with E-state index in [9.17, 15) is 21.6 Å². The molecule has 1 aliphatic heterocycles. The minimum absolute atomic E-state index is 0.0887. The highest BCUT2D eigenvalue weighted by atomic mass is 32.2. The molecule has 1 aliphatic rings. The van der Waals surface area contributed by atoms with E-state index in [0.29, 0.717) is 38.3 Å². The second kappa shape index (κ2) is 9.79. The van der Waals surface area contributed by atoms with Crippen molar-refractivity contribution in [1.82, 2.24) is 14.5 Å². The summed E-state index contributed by atoms with van der Waals surface area (Å²) in [4.78, 5) is 16.4. The number of nitrogens with one attached hydrogen (secondary N) is 1. The molecule has 1 aromatic carbocycles. The van der Waals surface area contributed by atoms with Crippen molar-refractivity contribution in [3.63, 3.8) is 0 Å². The third-order valence-corrected chi connectivity index (χ3v) is 6.85. The van der Waals surface area contributed by atoms with E-state index in [1.807, 2.05) is 4.90 Å². The van der Waals surface area contributed by atoms with Gasteiger partial charge in [0, 0.05) is 58.2 Å². The molecule has 1 N–H and O–H groups in total. The van der Waals surface area contributed by atoms with Crippen molar-refractivity contribution in [2.24, 2.45) is 0 Å². The molecule has 1 heterocycles. The molecule has 1 amide bonds. The van der Waals surface area contributed by atoms with Gasteiger partial charge in [0.15, 0.2) is 0 Å². The SMILES string of the molecule is COCCNS(=O)(=O)c1ccc(C(=O)N2CCN(CCS(C)(=O)=O)CC2)cc1. The van der Waals surface area contributed by atoms with Crippen molar-refractivity contribution in [2.45, 2.75) is 4.90 Å². The number of ether oxygens (including phenoxy) is 1. The molecule has 0 aromatic heterocycles. The molecule has 9 nitrogen and oxygen atoms in total. The molecule has 1 fully saturated rings. The highest BCUT2D eigenvalue weighted by Crippen LogP contribution is 2.13. The first-order valence-corrected chi connectivity index (χ1v) is 12.4. The molecule has 158 valence electrons. The monoisotopic (exact) mass is 433 g/mol. The van der Waals surface area contributed by atoms with Crippen molar-refractivity contribution in [3.05, 3.63) is 29.8 Å². The highest BCUT2D eigenvalue weighted by Gasteiger charge is 2.23. The quantitative estimate of drug-likeness (QED) is 0.518. The maximum Gasteiger partial charge on any atom is 0.253 e. The lowest BCUT2D eigenvalue weighted by Crippen LogP contribution is -2.49. The van der Waals surface area contributed by atoms with E-state index >= 15 is 0 Å². The summed E-state index contributed by atoms with van der Waals surface area (Å²) in [5, 5.41) is 0. The zero-order valence-electron chi connectivity index (χ0n) is 16.1. The Morgan fingerprint density at radius 3 is 2.21 bits per heavy atom. The summed E-state index contributed by atoms with van der Waals surface area (Å²) in [5.74, 6) is -0.0611. The number of carbonyl (C=O) groups is 1. The number of hydrogen-bond donors (Lipinski definition) is 1. The van der Waals surface area contributed by atoms with Crippen LogP contribution in [-0.2, 0) is 24.6 Å². The Balaban J connectivity index is 1.91. The largest absolute Gasteiger partial charge is 0.383 e. The summed E-state index contributed by atoms with van der Waals surface area (Å²) in [5.41, 5.74) is 0.417. The van der Waals surface area contributed by atoms with E-state index in [1.165, 1.54) is 37.6 Å². The van der Waals surface area contributed by atoms with E-state index in [2.05, 4.69) is 4.72 Å². The van der Waals surface area contributed by atoms with Crippen LogP contribution in [0.15, 0.2) is 29.2 Å². The van der Waals surface area contributed by atoms with Gasteiger partial charge in [-0.3, -0.25) is 9.69 Å². The molecule has 11 heteroatoms. The molecule has 0 saturated carbocycles. The molecule has 2 rings (SSSR count). The fourth-order valence-electron chi connectivity index (χ4n) is 2.79. The highest BCUT2D eigenvalue weighted by molar-refractivity contribution is 7.90. The number of hydrogen-bond acceptors (Lipinski definition) is 7. The van der Waals surface area contributed by atoms with Gasteiger partial charge in [-0.05, 0) is 24.3 Å². The number of methoxy groups -OCH3 is 1. The van der Waals surface area contributed by atoms with Crippen LogP contribution >= 0.6 is 0 Å². The fourth-order valence-corrected chi connectivity index (χ4v) is 4.39. The smallest absolute Gasteiger partial charge is 0.253 e. The van der Waals surface area contributed by atoms with Gasteiger partial charge in [-0.2, -0.15) is 0 Å². The van der Waals surface area contributed by atoms with Crippen molar-refractivity contribution in [2.75, 3.05) is 65.0 Å². The fraction of sp³-hybridized carbons (Fsp3) is 0.588. The second-order valence-electron chi connectivity index (χ2n) is 6.68. The predicted molar refractivity (Wildman–Crippen MR) is 106 cm³/mol. The molecular weight excluding hydrogens is 406 g/mol. The summed E-state index contributed by atoms with van der Waals surface area (Å²) >= 11 is 0. The lowest BCUT2D eigenvalue weighted by molar-refractivity contribution is 0.0644. The van der Waals surface area contributed by atoms with Gasteiger partial charge in [0.25, 0.3) is 5.91 Å². The summed E-state index contributed by atoms with van der Waals surface area (Å²) in [7, 11) is -5.15. The normalized spacial score (nSPS) is 16.3. The molecule has 0 aliphatic carbocycles. The predicted octanol–water partition coefficient (Wildman–Crippen LogP) is -0.586. The van der Waals surface area contributed by atoms with Crippen molar-refractivity contribution in [3.8, 4) is 0 Å². The Bertz CT molecular complexity index is 861. The number of nitrogens with zero attached hydrogens (tertiary/aromatic N) is 2. The standard InChI is InChI=1S/C17H27N3O6S2/c1-26-13-7-18-28(24,25)16-5-3-15(4-6-16)17(21)20-10-8-19(9-11-20)12-14-27(2,22)23/h3-6,18H,7-14H2,1-2H3. The molecule has 0 unspecified atom stereocenters. The summed E-state index contributed by atoms with van der Waals surface area (Å²) in [6.07, 6.45) is 1.21. The van der Waals surface area contributed by atoms with Gasteiger partial charge in [0.1, 0.15) is 9.84 Å². The molecule has 28 heavy (non-hydrogen) atoms. The number of sulfone groups is 1. The van der Waals surface area contributed by atoms with Crippen molar-refractivity contribution >= 4 is 25.8 Å². The topological polar surface area (TPSA) is 113 Å². The average Bonchev–Trinajstić information content (AvgIpc) is 2.66. The van der Waals surface area contributed by atoms with Gasteiger partial charge in [-0.15, -0.1) is 0 Å². The minimum Gasteiger partial charge on any atom is -0.383 e. The summed E-state index contributed by atoms with van der Waals surface area (Å²) in [6, 6.07) is 5.82. The molecule has 1 aromatic rings. The van der Waals surface area contributed by atoms with Gasteiger partial charge in [0.05, 0.1) is 17.3 Å². The first kappa shape index (κ1) is 22.8. The Morgan fingerprint density at radius 2 is 1.68 bits per heavy atom. The Hall–Kier alpha value is -1.53. The minimum atomic E-state index is -3.64. The molecule has 0 atom stereocenters. The Morgan fingerprint density at radius 1 is 1.07 bits per heavy atom. The van der Waals surface area contributed by atoms with E-state index in [-0.39, 0.29) is 29.7 Å². The van der Waals surface area contributed by atoms with Crippen molar-refractivity contribution < 1.29 is 26.4 Å². The van der Waals surface area contributed by atoms with Crippen molar-refractivity contribution in [1.29, 1.82) is 0 Å². The zero-order valence-corrected chi connectivity index (χ0v) is 17.8. The Labute approximate surface area is 166 Å². The van der Waals surface area contributed by atoms with E-state index in [0.717, 1.165) is 0 Å². The number of piperazine rings is 1. The number of sulfonamides is 1. The van der Waals surface area contributed by atoms with Crippen LogP contribution < -0.4 is 4.72 Å². The number of amides is 1. The van der Waals surface area contributed by atoms with Crippen LogP contribution in [0.3, 0.4) is 0 Å². The van der Waals surface area contributed by atoms with Crippen LogP contribution in [-0.4, -0.2) is 97.5 Å². The van der Waals surface area contributed by atoms with Crippen LogP contribution in [0.25, 0.3) is 0 Å². The van der Waals surface area contributed by atoms with Crippen LogP contribution in [0.5, 0.6) is 0 Å². The van der Waals surface area contributed by atoms with E-state index < -0.39 is 19.9 Å². The van der Waals surface area contributed by atoms with Gasteiger partial charge in [0.2, 0.25) is 10.0 Å². The van der Waals surface area contributed by atoms with Gasteiger partial charge < -0.3 is 9.64 Å². The maximum absolute atomic E-state index is 12.6. The summed E-state index contributed by atoms with van der Waals surface area (Å²) in [6.45, 7) is 3.12. The third-order valence-electron chi connectivity index (χ3n) is 4.45. The third kappa shape index (κ3) is 6.82. The summed E-state index contributed by atoms with van der Waals surface area (Å²) < 4.78 is 54.1. The van der Waals surface area contributed by atoms with E-state index in [4.69, 9.17) is 4.74 Å². The van der Waals surface area contributed by atoms with Crippen LogP contribution in [0, 0.1) is 0 Å². The van der Waals surface area contributed by atoms with Crippen LogP contribution in [0.4, 0.5) is 0 Å². The van der Waals surface area contributed by atoms with Gasteiger partial charge in [-0.25, -0.2) is 21.6 Å². The van der Waals surface area contributed by atoms with Gasteiger partial charge >= 0.3 is 0 Å². The Kier molecular flexibility index (Phi) is 7.96. The maximum atomic E-state index is 12.6. The van der Waals surface area contributed by atoms with Gasteiger partial charge in [-0.1, -0.05) is 0 Å². The molecule has 1 saturated heterocycles. The molecule has 0 radical (unpaired) electrons. The second-order valence-corrected chi connectivity index (χ2v) is 10.7. The lowest BCUT2D eigenvalue weighted by atomic mass is 10.2. The molecular formula is C17H27N3O6S2. The zero-order chi connectivity index (χ0) is 20.8. The molecule has 0 bridgehead atoms. The molecule has 0 spiro atoms. The number of benzene rings is 1. The number of rotatable bonds is 9. The van der Waals surface area contributed by atoms with Crippen LogP contribution in [0.2, 0.25) is 0 Å².